The van der Waals surface area contributed by atoms with E-state index in [1.54, 1.807) is 10.9 Å². The van der Waals surface area contributed by atoms with Gasteiger partial charge >= 0.3 is 0 Å². The van der Waals surface area contributed by atoms with Gasteiger partial charge in [0.2, 0.25) is 5.91 Å². The Hall–Kier alpha value is -1.95. The largest absolute Gasteiger partial charge is 0.323 e. The lowest BCUT2D eigenvalue weighted by Gasteiger charge is -2.10. The molecule has 3 heterocycles. The van der Waals surface area contributed by atoms with Crippen LogP contribution in [-0.4, -0.2) is 33.3 Å². The molecule has 0 radical (unpaired) electrons. The van der Waals surface area contributed by atoms with E-state index < -0.39 is 0 Å². The second-order valence-corrected chi connectivity index (χ2v) is 4.94. The van der Waals surface area contributed by atoms with Crippen molar-refractivity contribution < 1.29 is 4.79 Å². The predicted octanol–water partition coefficient (Wildman–Crippen LogP) is 0.967. The number of aryl methyl sites for hydroxylation is 2. The molecule has 6 heteroatoms. The summed E-state index contributed by atoms with van der Waals surface area (Å²) in [4.78, 5) is 16.4. The van der Waals surface area contributed by atoms with Crippen molar-refractivity contribution >= 4 is 22.6 Å². The maximum atomic E-state index is 12.0. The van der Waals surface area contributed by atoms with Crippen molar-refractivity contribution in [3.05, 3.63) is 18.0 Å². The van der Waals surface area contributed by atoms with Gasteiger partial charge in [-0.25, -0.2) is 4.98 Å². The number of carbonyl (C=O) groups is 1. The Morgan fingerprint density at radius 1 is 1.58 bits per heavy atom. The number of hydrogen-bond acceptors (Lipinski definition) is 4. The zero-order chi connectivity index (χ0) is 13.4. The Kier molecular flexibility index (Phi) is 2.94. The quantitative estimate of drug-likeness (QED) is 0.843. The minimum atomic E-state index is -0.0781. The van der Waals surface area contributed by atoms with Crippen LogP contribution in [0.15, 0.2) is 12.3 Å². The van der Waals surface area contributed by atoms with Crippen LogP contribution in [-0.2, 0) is 11.8 Å². The fourth-order valence-electron chi connectivity index (χ4n) is 2.51. The van der Waals surface area contributed by atoms with Crippen LogP contribution < -0.4 is 10.6 Å². The van der Waals surface area contributed by atoms with E-state index in [9.17, 15) is 4.79 Å². The fourth-order valence-corrected chi connectivity index (χ4v) is 2.51. The van der Waals surface area contributed by atoms with Gasteiger partial charge < -0.3 is 10.6 Å². The summed E-state index contributed by atoms with van der Waals surface area (Å²) in [5.74, 6) is 0.0141. The number of hydrogen-bond donors (Lipinski definition) is 2. The van der Waals surface area contributed by atoms with Crippen LogP contribution in [0.25, 0.3) is 11.0 Å². The van der Waals surface area contributed by atoms with Crippen LogP contribution in [0.5, 0.6) is 0 Å². The molecule has 1 fully saturated rings. The number of fused-ring (bicyclic) bond motifs is 1. The van der Waals surface area contributed by atoms with Crippen molar-refractivity contribution in [2.24, 2.45) is 7.05 Å². The minimum Gasteiger partial charge on any atom is -0.323 e. The first-order valence-electron chi connectivity index (χ1n) is 6.49. The smallest absolute Gasteiger partial charge is 0.241 e. The van der Waals surface area contributed by atoms with E-state index in [2.05, 4.69) is 20.7 Å². The van der Waals surface area contributed by atoms with E-state index in [0.29, 0.717) is 0 Å². The van der Waals surface area contributed by atoms with Gasteiger partial charge in [0.05, 0.1) is 23.6 Å². The Bertz CT molecular complexity index is 627. The third kappa shape index (κ3) is 2.19. The Morgan fingerprint density at radius 3 is 3.16 bits per heavy atom. The molecular weight excluding hydrogens is 242 g/mol. The van der Waals surface area contributed by atoms with Gasteiger partial charge in [-0.3, -0.25) is 9.48 Å². The highest BCUT2D eigenvalue weighted by Gasteiger charge is 2.22. The molecule has 3 rings (SSSR count). The molecule has 1 unspecified atom stereocenters. The van der Waals surface area contributed by atoms with E-state index in [4.69, 9.17) is 0 Å². The Labute approximate surface area is 111 Å². The molecule has 0 aliphatic carbocycles. The van der Waals surface area contributed by atoms with Gasteiger partial charge in [0.25, 0.3) is 0 Å². The maximum absolute atomic E-state index is 12.0. The lowest BCUT2D eigenvalue weighted by Crippen LogP contribution is -2.35. The van der Waals surface area contributed by atoms with Crippen molar-refractivity contribution in [2.45, 2.75) is 25.8 Å². The van der Waals surface area contributed by atoms with E-state index >= 15 is 0 Å². The molecule has 0 saturated carbocycles. The second-order valence-electron chi connectivity index (χ2n) is 4.94. The highest BCUT2D eigenvalue weighted by molar-refractivity contribution is 5.96. The molecule has 0 bridgehead atoms. The predicted molar refractivity (Wildman–Crippen MR) is 72.9 cm³/mol. The molecule has 6 nitrogen and oxygen atoms in total. The molecule has 1 aliphatic rings. The van der Waals surface area contributed by atoms with Crippen molar-refractivity contribution in [3.8, 4) is 0 Å². The Morgan fingerprint density at radius 2 is 2.42 bits per heavy atom. The molecule has 1 atom stereocenters. The lowest BCUT2D eigenvalue weighted by atomic mass is 10.2. The first-order chi connectivity index (χ1) is 9.15. The van der Waals surface area contributed by atoms with Crippen molar-refractivity contribution in [2.75, 3.05) is 11.9 Å². The zero-order valence-electron chi connectivity index (χ0n) is 11.1. The highest BCUT2D eigenvalue weighted by Crippen LogP contribution is 2.19. The van der Waals surface area contributed by atoms with Gasteiger partial charge in [0.1, 0.15) is 0 Å². The Balaban J connectivity index is 1.85. The highest BCUT2D eigenvalue weighted by atomic mass is 16.2. The molecule has 2 aromatic rings. The van der Waals surface area contributed by atoms with E-state index in [1.807, 2.05) is 20.0 Å². The number of nitrogens with zero attached hydrogens (tertiary/aromatic N) is 3. The van der Waals surface area contributed by atoms with Crippen LogP contribution >= 0.6 is 0 Å². The van der Waals surface area contributed by atoms with E-state index in [-0.39, 0.29) is 11.9 Å². The van der Waals surface area contributed by atoms with Crippen molar-refractivity contribution in [1.82, 2.24) is 20.1 Å². The zero-order valence-corrected chi connectivity index (χ0v) is 11.1. The molecule has 2 N–H and O–H groups in total. The topological polar surface area (TPSA) is 71.8 Å². The lowest BCUT2D eigenvalue weighted by molar-refractivity contribution is -0.117. The van der Waals surface area contributed by atoms with E-state index in [1.165, 1.54) is 0 Å². The summed E-state index contributed by atoms with van der Waals surface area (Å²) in [6.07, 6.45) is 3.63. The molecule has 19 heavy (non-hydrogen) atoms. The third-order valence-electron chi connectivity index (χ3n) is 3.51. The number of anilines is 1. The summed E-state index contributed by atoms with van der Waals surface area (Å²) in [7, 11) is 1.86. The van der Waals surface area contributed by atoms with E-state index in [0.717, 1.165) is 41.8 Å². The van der Waals surface area contributed by atoms with Gasteiger partial charge in [0.15, 0.2) is 5.65 Å². The maximum Gasteiger partial charge on any atom is 0.241 e. The normalized spacial score (nSPS) is 18.9. The van der Waals surface area contributed by atoms with Crippen molar-refractivity contribution in [1.29, 1.82) is 0 Å². The number of nitrogens with one attached hydrogen (secondary N) is 2. The summed E-state index contributed by atoms with van der Waals surface area (Å²) < 4.78 is 1.74. The average Bonchev–Trinajstić information content (AvgIpc) is 2.99. The summed E-state index contributed by atoms with van der Waals surface area (Å²) in [6, 6.07) is 1.85. The third-order valence-corrected chi connectivity index (χ3v) is 3.51. The monoisotopic (exact) mass is 259 g/mol. The standard InChI is InChI=1S/C13H17N5O/c1-8-10-6-9(7-15-12(10)18(2)17-8)16-13(19)11-4-3-5-14-11/h6-7,11,14H,3-5H2,1-2H3,(H,16,19). The molecule has 0 spiro atoms. The van der Waals surface area contributed by atoms with Crippen LogP contribution in [0.1, 0.15) is 18.5 Å². The molecule has 2 aromatic heterocycles. The summed E-state index contributed by atoms with van der Waals surface area (Å²) >= 11 is 0. The SMILES string of the molecule is Cc1nn(C)c2ncc(NC(=O)C3CCCN3)cc12. The number of carbonyl (C=O) groups excluding carboxylic acids is 1. The fraction of sp³-hybridized carbons (Fsp3) is 0.462. The van der Waals surface area contributed by atoms with Crippen LogP contribution in [0, 0.1) is 6.92 Å². The molecule has 1 aliphatic heterocycles. The minimum absolute atomic E-state index is 0.0141. The summed E-state index contributed by atoms with van der Waals surface area (Å²) in [6.45, 7) is 2.85. The molecular formula is C13H17N5O. The first-order valence-corrected chi connectivity index (χ1v) is 6.49. The number of rotatable bonds is 2. The molecule has 1 saturated heterocycles. The average molecular weight is 259 g/mol. The van der Waals surface area contributed by atoms with Gasteiger partial charge in [-0.15, -0.1) is 0 Å². The van der Waals surface area contributed by atoms with Crippen LogP contribution in [0.4, 0.5) is 5.69 Å². The molecule has 100 valence electrons. The van der Waals surface area contributed by atoms with Gasteiger partial charge in [-0.1, -0.05) is 0 Å². The van der Waals surface area contributed by atoms with Crippen LogP contribution in [0.2, 0.25) is 0 Å². The van der Waals surface area contributed by atoms with Gasteiger partial charge in [-0.05, 0) is 32.4 Å². The van der Waals surface area contributed by atoms with Gasteiger partial charge in [0, 0.05) is 12.4 Å². The van der Waals surface area contributed by atoms with Gasteiger partial charge in [-0.2, -0.15) is 5.10 Å². The number of aromatic nitrogens is 3. The van der Waals surface area contributed by atoms with Crippen molar-refractivity contribution in [3.63, 3.8) is 0 Å². The van der Waals surface area contributed by atoms with Crippen LogP contribution in [0.3, 0.4) is 0 Å². The summed E-state index contributed by atoms with van der Waals surface area (Å²) in [5.41, 5.74) is 2.47. The molecule has 1 amide bonds. The number of pyridine rings is 1. The second kappa shape index (κ2) is 4.62. The number of amides is 1. The summed E-state index contributed by atoms with van der Waals surface area (Å²) in [5, 5.41) is 11.4. The molecule has 0 aromatic carbocycles. The first kappa shape index (κ1) is 12.1.